The van der Waals surface area contributed by atoms with Gasteiger partial charge in [0.2, 0.25) is 5.95 Å². The number of sulfone groups is 1. The van der Waals surface area contributed by atoms with E-state index in [1.54, 1.807) is 36.4 Å². The number of rotatable bonds is 6. The van der Waals surface area contributed by atoms with Crippen LogP contribution in [0.1, 0.15) is 0 Å². The third kappa shape index (κ3) is 5.21. The summed E-state index contributed by atoms with van der Waals surface area (Å²) >= 11 is 1.34. The Morgan fingerprint density at radius 1 is 0.976 bits per heavy atom. The Morgan fingerprint density at radius 3 is 2.41 bits per heavy atom. The number of ether oxygens (including phenoxy) is 1. The van der Waals surface area contributed by atoms with Gasteiger partial charge in [-0.1, -0.05) is 23.5 Å². The number of thiazole rings is 1. The molecule has 4 heterocycles. The maximum atomic E-state index is 16.3. The number of nitrogens with two attached hydrogens (primary N) is 1. The molecule has 0 aliphatic carbocycles. The summed E-state index contributed by atoms with van der Waals surface area (Å²) in [6.07, 6.45) is 2.65. The van der Waals surface area contributed by atoms with Crippen LogP contribution >= 0.6 is 11.3 Å². The highest BCUT2D eigenvalue weighted by atomic mass is 32.2. The molecule has 14 heteroatoms. The lowest BCUT2D eigenvalue weighted by molar-refractivity contribution is 0.122. The fourth-order valence-corrected chi connectivity index (χ4v) is 6.61. The van der Waals surface area contributed by atoms with Crippen LogP contribution in [-0.4, -0.2) is 75.0 Å². The zero-order chi connectivity index (χ0) is 28.7. The van der Waals surface area contributed by atoms with E-state index in [1.807, 2.05) is 0 Å². The second-order valence-electron chi connectivity index (χ2n) is 9.56. The SMILES string of the molecule is CS(=O)(=O)c1ccc(N2CCN(c3cccc(-c4sc(N5CCOCC5)nc4-c4ccnc(N)n4)c3F)C2=O)cc1. The maximum absolute atomic E-state index is 16.3. The standard InChI is InChI=1S/C27H26FN7O4S2/c1-41(37,38)18-7-5-17(6-8-18)34-11-12-35(27(34)36)21-4-2-3-19(22(21)28)24-23(20-9-10-30-25(29)31-20)32-26(40-24)33-13-15-39-16-14-33/h2-10H,11-16H2,1H3,(H2,29,30,31). The monoisotopic (exact) mass is 595 g/mol. The first-order valence-electron chi connectivity index (χ1n) is 12.8. The summed E-state index contributed by atoms with van der Waals surface area (Å²) in [5, 5.41) is 0.709. The lowest BCUT2D eigenvalue weighted by Gasteiger charge is -2.26. The van der Waals surface area contributed by atoms with E-state index in [0.717, 1.165) is 6.26 Å². The van der Waals surface area contributed by atoms with Gasteiger partial charge in [0.1, 0.15) is 5.69 Å². The molecule has 4 aromatic rings. The van der Waals surface area contributed by atoms with Crippen LogP contribution in [0.5, 0.6) is 0 Å². The number of carbonyl (C=O) groups is 1. The number of amides is 2. The molecule has 0 unspecified atom stereocenters. The van der Waals surface area contributed by atoms with Crippen molar-refractivity contribution in [2.45, 2.75) is 4.90 Å². The first-order chi connectivity index (χ1) is 19.7. The highest BCUT2D eigenvalue weighted by molar-refractivity contribution is 7.90. The largest absolute Gasteiger partial charge is 0.378 e. The van der Waals surface area contributed by atoms with Crippen LogP contribution in [-0.2, 0) is 14.6 Å². The van der Waals surface area contributed by atoms with Crippen molar-refractivity contribution in [1.29, 1.82) is 0 Å². The van der Waals surface area contributed by atoms with Gasteiger partial charge in [-0.3, -0.25) is 9.80 Å². The number of benzene rings is 2. The molecule has 2 aromatic heterocycles. The van der Waals surface area contributed by atoms with Crippen molar-refractivity contribution in [2.24, 2.45) is 0 Å². The van der Waals surface area contributed by atoms with Gasteiger partial charge in [0, 0.05) is 49.9 Å². The molecule has 41 heavy (non-hydrogen) atoms. The number of urea groups is 1. The van der Waals surface area contributed by atoms with E-state index in [0.29, 0.717) is 59.9 Å². The summed E-state index contributed by atoms with van der Waals surface area (Å²) in [7, 11) is -3.37. The lowest BCUT2D eigenvalue weighted by atomic mass is 10.1. The van der Waals surface area contributed by atoms with Gasteiger partial charge in [-0.2, -0.15) is 0 Å². The normalized spacial score (nSPS) is 16.0. The van der Waals surface area contributed by atoms with E-state index >= 15 is 4.39 Å². The average Bonchev–Trinajstić information content (AvgIpc) is 3.58. The zero-order valence-corrected chi connectivity index (χ0v) is 23.7. The molecule has 6 rings (SSSR count). The Balaban J connectivity index is 1.36. The minimum atomic E-state index is -3.37. The Labute approximate surface area is 239 Å². The number of hydrogen-bond donors (Lipinski definition) is 1. The Bertz CT molecular complexity index is 1720. The van der Waals surface area contributed by atoms with Gasteiger partial charge < -0.3 is 15.4 Å². The van der Waals surface area contributed by atoms with Crippen molar-refractivity contribution >= 4 is 49.7 Å². The topological polar surface area (TPSA) is 135 Å². The molecular formula is C27H26FN7O4S2. The number of aromatic nitrogens is 3. The highest BCUT2D eigenvalue weighted by Gasteiger charge is 2.34. The fraction of sp³-hybridized carbons (Fsp3) is 0.259. The molecule has 2 amide bonds. The van der Waals surface area contributed by atoms with E-state index in [4.69, 9.17) is 15.5 Å². The second-order valence-corrected chi connectivity index (χ2v) is 12.6. The molecule has 2 N–H and O–H groups in total. The summed E-state index contributed by atoms with van der Waals surface area (Å²) in [4.78, 5) is 32.2. The number of carbonyl (C=O) groups excluding carboxylic acids is 1. The van der Waals surface area contributed by atoms with E-state index in [-0.39, 0.29) is 28.6 Å². The number of nitrogens with zero attached hydrogens (tertiary/aromatic N) is 6. The van der Waals surface area contributed by atoms with Gasteiger partial charge in [-0.05, 0) is 36.4 Å². The van der Waals surface area contributed by atoms with Crippen LogP contribution in [0.2, 0.25) is 0 Å². The molecule has 212 valence electrons. The number of nitrogen functional groups attached to an aromatic ring is 1. The third-order valence-electron chi connectivity index (χ3n) is 6.91. The summed E-state index contributed by atoms with van der Waals surface area (Å²) in [6, 6.07) is 12.3. The van der Waals surface area contributed by atoms with Gasteiger partial charge in [-0.15, -0.1) is 0 Å². The summed E-state index contributed by atoms with van der Waals surface area (Å²) in [6.45, 7) is 3.02. The number of morpholine rings is 1. The van der Waals surface area contributed by atoms with Crippen molar-refractivity contribution in [3.8, 4) is 21.8 Å². The molecule has 2 aliphatic rings. The maximum Gasteiger partial charge on any atom is 0.329 e. The summed E-state index contributed by atoms with van der Waals surface area (Å²) in [5.41, 5.74) is 7.75. The molecular weight excluding hydrogens is 569 g/mol. The van der Waals surface area contributed by atoms with Crippen LogP contribution in [0, 0.1) is 5.82 Å². The molecule has 2 aliphatic heterocycles. The minimum Gasteiger partial charge on any atom is -0.378 e. The third-order valence-corrected chi connectivity index (χ3v) is 9.19. The molecule has 0 bridgehead atoms. The Morgan fingerprint density at radius 2 is 1.71 bits per heavy atom. The second kappa shape index (κ2) is 10.7. The molecule has 0 atom stereocenters. The van der Waals surface area contributed by atoms with Gasteiger partial charge >= 0.3 is 6.03 Å². The number of halogens is 1. The highest BCUT2D eigenvalue weighted by Crippen LogP contribution is 2.43. The Hall–Kier alpha value is -4.14. The van der Waals surface area contributed by atoms with Crippen LogP contribution in [0.25, 0.3) is 21.8 Å². The van der Waals surface area contributed by atoms with Gasteiger partial charge in [-0.25, -0.2) is 32.6 Å². The number of hydrogen-bond acceptors (Lipinski definition) is 10. The first kappa shape index (κ1) is 27.1. The molecule has 0 radical (unpaired) electrons. The molecule has 2 saturated heterocycles. The average molecular weight is 596 g/mol. The zero-order valence-electron chi connectivity index (χ0n) is 22.0. The van der Waals surface area contributed by atoms with Crippen LogP contribution < -0.4 is 20.4 Å². The van der Waals surface area contributed by atoms with Crippen LogP contribution in [0.3, 0.4) is 0 Å². The molecule has 0 saturated carbocycles. The molecule has 2 fully saturated rings. The van der Waals surface area contributed by atoms with E-state index in [2.05, 4.69) is 14.9 Å². The van der Waals surface area contributed by atoms with E-state index in [9.17, 15) is 13.2 Å². The van der Waals surface area contributed by atoms with Gasteiger partial charge in [0.25, 0.3) is 0 Å². The van der Waals surface area contributed by atoms with Crippen molar-refractivity contribution in [2.75, 3.05) is 66.1 Å². The van der Waals surface area contributed by atoms with Crippen molar-refractivity contribution < 1.29 is 22.3 Å². The van der Waals surface area contributed by atoms with E-state index in [1.165, 1.54) is 39.5 Å². The Kier molecular flexibility index (Phi) is 7.05. The van der Waals surface area contributed by atoms with Crippen molar-refractivity contribution in [1.82, 2.24) is 15.0 Å². The predicted molar refractivity (Wildman–Crippen MR) is 156 cm³/mol. The van der Waals surface area contributed by atoms with Gasteiger partial charge in [0.05, 0.1) is 34.4 Å². The van der Waals surface area contributed by atoms with Crippen molar-refractivity contribution in [3.63, 3.8) is 0 Å². The van der Waals surface area contributed by atoms with E-state index < -0.39 is 21.7 Å². The fourth-order valence-electron chi connectivity index (χ4n) is 4.84. The number of anilines is 4. The quantitative estimate of drug-likeness (QED) is 0.354. The van der Waals surface area contributed by atoms with Gasteiger partial charge in [0.15, 0.2) is 20.8 Å². The van der Waals surface area contributed by atoms with Crippen molar-refractivity contribution in [3.05, 3.63) is 60.5 Å². The molecule has 0 spiro atoms. The smallest absolute Gasteiger partial charge is 0.329 e. The predicted octanol–water partition coefficient (Wildman–Crippen LogP) is 3.68. The van der Waals surface area contributed by atoms with Crippen LogP contribution in [0.4, 0.5) is 31.6 Å². The summed E-state index contributed by atoms with van der Waals surface area (Å²) < 4.78 is 45.4. The van der Waals surface area contributed by atoms with Crippen LogP contribution in [0.15, 0.2) is 59.6 Å². The first-order valence-corrected chi connectivity index (χ1v) is 15.5. The summed E-state index contributed by atoms with van der Waals surface area (Å²) in [5.74, 6) is -0.480. The molecule has 2 aromatic carbocycles. The lowest BCUT2D eigenvalue weighted by Crippen LogP contribution is -2.36. The molecule has 11 nitrogen and oxygen atoms in total. The minimum absolute atomic E-state index is 0.0796.